The maximum atomic E-state index is 12.7. The molecule has 0 aliphatic carbocycles. The van der Waals surface area contributed by atoms with Gasteiger partial charge in [0.05, 0.1) is 12.6 Å². The van der Waals surface area contributed by atoms with Crippen LogP contribution in [0.2, 0.25) is 0 Å². The zero-order chi connectivity index (χ0) is 22.6. The van der Waals surface area contributed by atoms with Crippen LogP contribution >= 0.6 is 0 Å². The van der Waals surface area contributed by atoms with Gasteiger partial charge in [0.2, 0.25) is 17.7 Å². The quantitative estimate of drug-likeness (QED) is 0.717. The number of Topliss-reactive ketones (excluding diaryl/α,β-unsaturated/α-hetero) is 1. The Hall–Kier alpha value is -2.70. The molecule has 0 saturated carbocycles. The number of ketones is 1. The van der Waals surface area contributed by atoms with Crippen molar-refractivity contribution >= 4 is 23.5 Å². The standard InChI is InChI=1S/C19H27N3O4.C3H8/c1-13(14(2)23)22(5)18(25)12-21(4)19(26)17(20-15(3)24)11-16-9-7-6-8-10-16;1-3-2/h6-10,13,17H,11-12H2,1-5H3,(H,20,24);3H2,1-2H3/t13?,17-;/m0./s1. The number of nitrogens with zero attached hydrogens (tertiary/aromatic N) is 2. The molecule has 29 heavy (non-hydrogen) atoms. The van der Waals surface area contributed by atoms with Crippen molar-refractivity contribution in [2.75, 3.05) is 20.6 Å². The first-order chi connectivity index (χ1) is 13.5. The van der Waals surface area contributed by atoms with Crippen LogP contribution in [0.4, 0.5) is 0 Å². The second kappa shape index (κ2) is 13.5. The van der Waals surface area contributed by atoms with E-state index in [1.165, 1.54) is 44.2 Å². The Labute approximate surface area is 174 Å². The van der Waals surface area contributed by atoms with Gasteiger partial charge in [-0.1, -0.05) is 50.6 Å². The van der Waals surface area contributed by atoms with Crippen LogP contribution in [0.15, 0.2) is 30.3 Å². The zero-order valence-electron chi connectivity index (χ0n) is 18.7. The number of nitrogens with one attached hydrogen (secondary N) is 1. The number of rotatable bonds is 8. The van der Waals surface area contributed by atoms with Gasteiger partial charge in [0.1, 0.15) is 6.04 Å². The van der Waals surface area contributed by atoms with Gasteiger partial charge in [0, 0.05) is 27.4 Å². The van der Waals surface area contributed by atoms with Crippen molar-refractivity contribution in [3.05, 3.63) is 35.9 Å². The molecule has 0 bridgehead atoms. The van der Waals surface area contributed by atoms with E-state index in [4.69, 9.17) is 0 Å². The minimum Gasteiger partial charge on any atom is -0.344 e. The molecule has 1 aromatic rings. The van der Waals surface area contributed by atoms with E-state index in [0.717, 1.165) is 5.56 Å². The lowest BCUT2D eigenvalue weighted by Crippen LogP contribution is -2.51. The van der Waals surface area contributed by atoms with Crippen LogP contribution in [0.5, 0.6) is 0 Å². The van der Waals surface area contributed by atoms with Crippen molar-refractivity contribution in [3.8, 4) is 0 Å². The Kier molecular flexibility index (Phi) is 12.2. The van der Waals surface area contributed by atoms with Gasteiger partial charge in [0.25, 0.3) is 0 Å². The number of carbonyl (C=O) groups is 4. The molecule has 0 radical (unpaired) electrons. The Balaban J connectivity index is 0.00000245. The summed E-state index contributed by atoms with van der Waals surface area (Å²) in [4.78, 5) is 50.5. The fourth-order valence-electron chi connectivity index (χ4n) is 2.44. The number of carbonyl (C=O) groups excluding carboxylic acids is 4. The first-order valence-electron chi connectivity index (χ1n) is 9.87. The molecule has 0 aliphatic heterocycles. The molecule has 1 rings (SSSR count). The Morgan fingerprint density at radius 2 is 1.52 bits per heavy atom. The highest BCUT2D eigenvalue weighted by atomic mass is 16.2. The SMILES string of the molecule is CC(=O)N[C@@H](Cc1ccccc1)C(=O)N(C)CC(=O)N(C)C(C)C(C)=O.CCC. The fourth-order valence-corrected chi connectivity index (χ4v) is 2.44. The van der Waals surface area contributed by atoms with E-state index >= 15 is 0 Å². The van der Waals surface area contributed by atoms with E-state index in [1.807, 2.05) is 30.3 Å². The highest BCUT2D eigenvalue weighted by Crippen LogP contribution is 2.07. The van der Waals surface area contributed by atoms with Gasteiger partial charge >= 0.3 is 0 Å². The predicted molar refractivity (Wildman–Crippen MR) is 114 cm³/mol. The van der Waals surface area contributed by atoms with Gasteiger partial charge < -0.3 is 15.1 Å². The van der Waals surface area contributed by atoms with Gasteiger partial charge in [0.15, 0.2) is 5.78 Å². The number of hydrogen-bond acceptors (Lipinski definition) is 4. The van der Waals surface area contributed by atoms with E-state index in [0.29, 0.717) is 6.42 Å². The summed E-state index contributed by atoms with van der Waals surface area (Å²) in [7, 11) is 3.04. The van der Waals surface area contributed by atoms with Crippen LogP contribution in [0.25, 0.3) is 0 Å². The van der Waals surface area contributed by atoms with Gasteiger partial charge in [-0.3, -0.25) is 19.2 Å². The maximum Gasteiger partial charge on any atom is 0.245 e. The highest BCUT2D eigenvalue weighted by Gasteiger charge is 2.27. The molecule has 0 aromatic heterocycles. The Bertz CT molecular complexity index is 676. The normalized spacial score (nSPS) is 12.0. The molecule has 162 valence electrons. The molecule has 1 aromatic carbocycles. The van der Waals surface area contributed by atoms with Gasteiger partial charge in [-0.25, -0.2) is 0 Å². The molecular weight excluding hydrogens is 370 g/mol. The number of hydrogen-bond donors (Lipinski definition) is 1. The summed E-state index contributed by atoms with van der Waals surface area (Å²) in [6.07, 6.45) is 1.58. The number of amides is 3. The van der Waals surface area contributed by atoms with Crippen molar-refractivity contribution in [2.24, 2.45) is 0 Å². The molecule has 2 atom stereocenters. The monoisotopic (exact) mass is 405 g/mol. The van der Waals surface area contributed by atoms with Crippen molar-refractivity contribution in [1.82, 2.24) is 15.1 Å². The maximum absolute atomic E-state index is 12.7. The van der Waals surface area contributed by atoms with Crippen LogP contribution in [-0.4, -0.2) is 66.0 Å². The average molecular weight is 406 g/mol. The number of benzene rings is 1. The summed E-state index contributed by atoms with van der Waals surface area (Å²) >= 11 is 0. The molecule has 0 heterocycles. The third-order valence-electron chi connectivity index (χ3n) is 4.27. The van der Waals surface area contributed by atoms with Crippen LogP contribution in [0.1, 0.15) is 46.6 Å². The molecule has 0 spiro atoms. The van der Waals surface area contributed by atoms with Gasteiger partial charge in [-0.2, -0.15) is 0 Å². The molecule has 7 heteroatoms. The fraction of sp³-hybridized carbons (Fsp3) is 0.545. The van der Waals surface area contributed by atoms with Crippen molar-refractivity contribution < 1.29 is 19.2 Å². The lowest BCUT2D eigenvalue weighted by molar-refractivity contribution is -0.143. The topological polar surface area (TPSA) is 86.8 Å². The summed E-state index contributed by atoms with van der Waals surface area (Å²) in [5.41, 5.74) is 0.904. The second-order valence-corrected chi connectivity index (χ2v) is 7.14. The van der Waals surface area contributed by atoms with Crippen LogP contribution < -0.4 is 5.32 Å². The summed E-state index contributed by atoms with van der Waals surface area (Å²) in [5.74, 6) is -1.15. The largest absolute Gasteiger partial charge is 0.344 e. The number of likely N-dealkylation sites (N-methyl/N-ethyl adjacent to an activating group) is 2. The molecule has 0 aliphatic rings. The summed E-state index contributed by atoms with van der Waals surface area (Å²) in [6.45, 7) is 8.48. The molecule has 0 fully saturated rings. The van der Waals surface area contributed by atoms with Crippen molar-refractivity contribution in [3.63, 3.8) is 0 Å². The zero-order valence-corrected chi connectivity index (χ0v) is 18.7. The smallest absolute Gasteiger partial charge is 0.245 e. The summed E-state index contributed by atoms with van der Waals surface area (Å²) in [6, 6.07) is 8.01. The van der Waals surface area contributed by atoms with Crippen molar-refractivity contribution in [1.29, 1.82) is 0 Å². The second-order valence-electron chi connectivity index (χ2n) is 7.14. The van der Waals surface area contributed by atoms with E-state index in [1.54, 1.807) is 6.92 Å². The third kappa shape index (κ3) is 9.87. The van der Waals surface area contributed by atoms with E-state index in [2.05, 4.69) is 19.2 Å². The van der Waals surface area contributed by atoms with Gasteiger partial charge in [-0.15, -0.1) is 0 Å². The first-order valence-corrected chi connectivity index (χ1v) is 9.87. The summed E-state index contributed by atoms with van der Waals surface area (Å²) < 4.78 is 0. The molecule has 7 nitrogen and oxygen atoms in total. The van der Waals surface area contributed by atoms with E-state index < -0.39 is 12.1 Å². The van der Waals surface area contributed by atoms with Crippen LogP contribution in [0, 0.1) is 0 Å². The highest BCUT2D eigenvalue weighted by molar-refractivity contribution is 5.92. The Morgan fingerprint density at radius 1 is 1.00 bits per heavy atom. The Morgan fingerprint density at radius 3 is 1.97 bits per heavy atom. The van der Waals surface area contributed by atoms with Crippen molar-refractivity contribution in [2.45, 2.75) is 59.5 Å². The average Bonchev–Trinajstić information content (AvgIpc) is 2.66. The predicted octanol–water partition coefficient (Wildman–Crippen LogP) is 2.04. The minimum atomic E-state index is -0.761. The van der Waals surface area contributed by atoms with Crippen LogP contribution in [0.3, 0.4) is 0 Å². The molecule has 1 unspecified atom stereocenters. The lowest BCUT2D eigenvalue weighted by Gasteiger charge is -2.28. The molecule has 0 saturated heterocycles. The van der Waals surface area contributed by atoms with Crippen LogP contribution in [-0.2, 0) is 25.6 Å². The van der Waals surface area contributed by atoms with E-state index in [9.17, 15) is 19.2 Å². The summed E-state index contributed by atoms with van der Waals surface area (Å²) in [5, 5.41) is 2.64. The third-order valence-corrected chi connectivity index (χ3v) is 4.27. The molecule has 1 N–H and O–H groups in total. The lowest BCUT2D eigenvalue weighted by atomic mass is 10.0. The molecular formula is C22H35N3O4. The van der Waals surface area contributed by atoms with E-state index in [-0.39, 0.29) is 30.0 Å². The minimum absolute atomic E-state index is 0.130. The van der Waals surface area contributed by atoms with Gasteiger partial charge in [-0.05, 0) is 19.4 Å². The molecule has 3 amide bonds. The first kappa shape index (κ1) is 26.3.